The molecule has 6 heteroatoms. The van der Waals surface area contributed by atoms with E-state index in [4.69, 9.17) is 23.8 Å². The maximum Gasteiger partial charge on any atom is 0.173 e. The molecule has 0 fully saturated rings. The van der Waals surface area contributed by atoms with Crippen LogP contribution < -0.4 is 5.32 Å². The van der Waals surface area contributed by atoms with Gasteiger partial charge in [0, 0.05) is 18.8 Å². The highest BCUT2D eigenvalue weighted by Crippen LogP contribution is 2.20. The molecule has 0 heterocycles. The number of thiocarbonyl (C=S) groups is 1. The molecule has 3 nitrogen and oxygen atoms in total. The molecule has 116 valence electrons. The Morgan fingerprint density at radius 3 is 2.59 bits per heavy atom. The zero-order valence-electron chi connectivity index (χ0n) is 11.8. The Kier molecular flexibility index (Phi) is 6.12. The van der Waals surface area contributed by atoms with Crippen LogP contribution >= 0.6 is 23.8 Å². The minimum Gasteiger partial charge on any atom is -0.395 e. The highest BCUT2D eigenvalue weighted by Gasteiger charge is 2.11. The third kappa shape index (κ3) is 4.66. The van der Waals surface area contributed by atoms with E-state index >= 15 is 0 Å². The molecule has 0 amide bonds. The number of nitrogens with one attached hydrogen (secondary N) is 1. The summed E-state index contributed by atoms with van der Waals surface area (Å²) in [5.41, 5.74) is 1.68. The molecule has 2 aromatic carbocycles. The van der Waals surface area contributed by atoms with E-state index in [2.05, 4.69) is 5.32 Å². The Labute approximate surface area is 139 Å². The molecular weight excluding hydrogens is 323 g/mol. The zero-order valence-corrected chi connectivity index (χ0v) is 13.4. The number of rotatable bonds is 5. The maximum absolute atomic E-state index is 13.2. The average molecular weight is 339 g/mol. The van der Waals surface area contributed by atoms with E-state index in [0.717, 1.165) is 5.56 Å². The van der Waals surface area contributed by atoms with Gasteiger partial charge in [-0.15, -0.1) is 0 Å². The van der Waals surface area contributed by atoms with Crippen LogP contribution in [0.25, 0.3) is 0 Å². The smallest absolute Gasteiger partial charge is 0.173 e. The van der Waals surface area contributed by atoms with Crippen LogP contribution in [0.1, 0.15) is 5.56 Å². The van der Waals surface area contributed by atoms with Gasteiger partial charge in [-0.05, 0) is 36.0 Å². The summed E-state index contributed by atoms with van der Waals surface area (Å²) in [5.74, 6) is -0.477. The molecule has 0 atom stereocenters. The van der Waals surface area contributed by atoms with Crippen LogP contribution in [0.3, 0.4) is 0 Å². The fourth-order valence-electron chi connectivity index (χ4n) is 1.95. The first-order valence-electron chi connectivity index (χ1n) is 6.76. The minimum absolute atomic E-state index is 0.0151. The van der Waals surface area contributed by atoms with Gasteiger partial charge in [0.1, 0.15) is 5.82 Å². The third-order valence-corrected chi connectivity index (χ3v) is 3.69. The van der Waals surface area contributed by atoms with Crippen molar-refractivity contribution in [3.63, 3.8) is 0 Å². The zero-order chi connectivity index (χ0) is 15.9. The van der Waals surface area contributed by atoms with E-state index in [1.165, 1.54) is 12.1 Å². The molecule has 0 aromatic heterocycles. The predicted octanol–water partition coefficient (Wildman–Crippen LogP) is 3.67. The molecular formula is C16H16ClFN2OS. The topological polar surface area (TPSA) is 35.5 Å². The van der Waals surface area contributed by atoms with Crippen molar-refractivity contribution in [2.75, 3.05) is 18.5 Å². The Hall–Kier alpha value is -1.69. The van der Waals surface area contributed by atoms with Crippen LogP contribution in [0.2, 0.25) is 5.02 Å². The Morgan fingerprint density at radius 1 is 1.23 bits per heavy atom. The summed E-state index contributed by atoms with van der Waals surface area (Å²) in [7, 11) is 0. The van der Waals surface area contributed by atoms with E-state index in [0.29, 0.717) is 23.9 Å². The van der Waals surface area contributed by atoms with Gasteiger partial charge in [0.2, 0.25) is 0 Å². The van der Waals surface area contributed by atoms with Crippen molar-refractivity contribution in [1.82, 2.24) is 4.90 Å². The Balaban J connectivity index is 2.07. The van der Waals surface area contributed by atoms with Crippen LogP contribution in [0, 0.1) is 5.82 Å². The van der Waals surface area contributed by atoms with E-state index in [-0.39, 0.29) is 11.6 Å². The number of aliphatic hydroxyl groups excluding tert-OH is 1. The standard InChI is InChI=1S/C16H16ClFN2OS/c17-14-10-13(6-7-15(14)18)19-16(22)20(8-9-21)11-12-4-2-1-3-5-12/h1-7,10,21H,8-9,11H2,(H,19,22). The summed E-state index contributed by atoms with van der Waals surface area (Å²) in [4.78, 5) is 1.84. The molecule has 0 aliphatic rings. The van der Waals surface area contributed by atoms with Crippen molar-refractivity contribution in [3.05, 3.63) is 64.9 Å². The average Bonchev–Trinajstić information content (AvgIpc) is 2.51. The summed E-state index contributed by atoms with van der Waals surface area (Å²) in [6.45, 7) is 0.955. The summed E-state index contributed by atoms with van der Waals surface area (Å²) in [6.07, 6.45) is 0. The van der Waals surface area contributed by atoms with Crippen LogP contribution in [0.4, 0.5) is 10.1 Å². The van der Waals surface area contributed by atoms with Crippen molar-refractivity contribution in [2.45, 2.75) is 6.54 Å². The van der Waals surface area contributed by atoms with Crippen LogP contribution in [0.5, 0.6) is 0 Å². The molecule has 0 spiro atoms. The van der Waals surface area contributed by atoms with Crippen molar-refractivity contribution in [3.8, 4) is 0 Å². The summed E-state index contributed by atoms with van der Waals surface area (Å²) < 4.78 is 13.2. The van der Waals surface area contributed by atoms with Crippen LogP contribution in [-0.4, -0.2) is 28.3 Å². The monoisotopic (exact) mass is 338 g/mol. The maximum atomic E-state index is 13.2. The van der Waals surface area contributed by atoms with Crippen molar-refractivity contribution >= 4 is 34.6 Å². The Morgan fingerprint density at radius 2 is 1.95 bits per heavy atom. The van der Waals surface area contributed by atoms with E-state index in [9.17, 15) is 9.50 Å². The van der Waals surface area contributed by atoms with Gasteiger partial charge in [-0.25, -0.2) is 4.39 Å². The first kappa shape index (κ1) is 16.7. The van der Waals surface area contributed by atoms with Gasteiger partial charge in [-0.3, -0.25) is 0 Å². The van der Waals surface area contributed by atoms with E-state index < -0.39 is 5.82 Å². The highest BCUT2D eigenvalue weighted by atomic mass is 35.5. The fourth-order valence-corrected chi connectivity index (χ4v) is 2.41. The number of aliphatic hydroxyl groups is 1. The second kappa shape index (κ2) is 8.08. The van der Waals surface area contributed by atoms with E-state index in [1.807, 2.05) is 35.2 Å². The molecule has 0 radical (unpaired) electrons. The van der Waals surface area contributed by atoms with Gasteiger partial charge in [0.15, 0.2) is 5.11 Å². The molecule has 0 saturated carbocycles. The molecule has 0 saturated heterocycles. The number of benzene rings is 2. The second-order valence-corrected chi connectivity index (χ2v) is 5.48. The highest BCUT2D eigenvalue weighted by molar-refractivity contribution is 7.80. The number of anilines is 1. The van der Waals surface area contributed by atoms with Gasteiger partial charge in [-0.1, -0.05) is 41.9 Å². The molecule has 0 aliphatic carbocycles. The molecule has 0 bridgehead atoms. The minimum atomic E-state index is -0.477. The van der Waals surface area contributed by atoms with Crippen LogP contribution in [0.15, 0.2) is 48.5 Å². The number of hydrogen-bond donors (Lipinski definition) is 2. The largest absolute Gasteiger partial charge is 0.395 e. The molecule has 2 N–H and O–H groups in total. The number of hydrogen-bond acceptors (Lipinski definition) is 2. The second-order valence-electron chi connectivity index (χ2n) is 4.69. The van der Waals surface area contributed by atoms with Gasteiger partial charge < -0.3 is 15.3 Å². The van der Waals surface area contributed by atoms with Gasteiger partial charge in [0.25, 0.3) is 0 Å². The van der Waals surface area contributed by atoms with Crippen molar-refractivity contribution in [2.24, 2.45) is 0 Å². The summed E-state index contributed by atoms with van der Waals surface area (Å²) in [5, 5.41) is 12.7. The Bertz CT molecular complexity index is 639. The lowest BCUT2D eigenvalue weighted by Crippen LogP contribution is -2.36. The van der Waals surface area contributed by atoms with Gasteiger partial charge in [-0.2, -0.15) is 0 Å². The lowest BCUT2D eigenvalue weighted by molar-refractivity contribution is 0.248. The quantitative estimate of drug-likeness (QED) is 0.815. The molecule has 0 unspecified atom stereocenters. The molecule has 0 aliphatic heterocycles. The number of halogens is 2. The SMILES string of the molecule is OCCN(Cc1ccccc1)C(=S)Nc1ccc(F)c(Cl)c1. The molecule has 2 rings (SSSR count). The fraction of sp³-hybridized carbons (Fsp3) is 0.188. The van der Waals surface area contributed by atoms with Gasteiger partial charge >= 0.3 is 0 Å². The van der Waals surface area contributed by atoms with E-state index in [1.54, 1.807) is 6.07 Å². The number of nitrogens with zero attached hydrogens (tertiary/aromatic N) is 1. The molecule has 2 aromatic rings. The van der Waals surface area contributed by atoms with Gasteiger partial charge in [0.05, 0.1) is 11.6 Å². The lowest BCUT2D eigenvalue weighted by Gasteiger charge is -2.25. The third-order valence-electron chi connectivity index (χ3n) is 3.04. The van der Waals surface area contributed by atoms with Crippen molar-refractivity contribution < 1.29 is 9.50 Å². The summed E-state index contributed by atoms with van der Waals surface area (Å²) >= 11 is 11.1. The van der Waals surface area contributed by atoms with Crippen LogP contribution in [-0.2, 0) is 6.54 Å². The summed E-state index contributed by atoms with van der Waals surface area (Å²) in [6, 6.07) is 14.1. The normalized spacial score (nSPS) is 10.3. The predicted molar refractivity (Wildman–Crippen MR) is 91.6 cm³/mol. The lowest BCUT2D eigenvalue weighted by atomic mass is 10.2. The van der Waals surface area contributed by atoms with Crippen molar-refractivity contribution in [1.29, 1.82) is 0 Å². The first-order valence-corrected chi connectivity index (χ1v) is 7.54. The first-order chi connectivity index (χ1) is 10.6. The molecule has 22 heavy (non-hydrogen) atoms.